The lowest BCUT2D eigenvalue weighted by atomic mass is 9.95. The molecule has 3 aromatic carbocycles. The highest BCUT2D eigenvalue weighted by molar-refractivity contribution is 5.89. The van der Waals surface area contributed by atoms with Crippen molar-refractivity contribution in [2.45, 2.75) is 19.0 Å². The molecule has 0 saturated carbocycles. The van der Waals surface area contributed by atoms with E-state index in [0.717, 1.165) is 23.5 Å². The molecule has 184 valence electrons. The Labute approximate surface area is 207 Å². The number of amidine groups is 1. The van der Waals surface area contributed by atoms with E-state index in [9.17, 15) is 19.7 Å². The van der Waals surface area contributed by atoms with Crippen LogP contribution >= 0.6 is 0 Å². The van der Waals surface area contributed by atoms with E-state index < -0.39 is 11.9 Å². The average molecular weight is 488 g/mol. The number of hydrogen-bond donors (Lipinski definition) is 2. The van der Waals surface area contributed by atoms with Crippen LogP contribution in [0.5, 0.6) is 0 Å². The summed E-state index contributed by atoms with van der Waals surface area (Å²) in [4.78, 5) is 36.9. The number of aliphatic carboxylic acids is 2. The molecular weight excluding hydrogens is 462 g/mol. The van der Waals surface area contributed by atoms with Crippen LogP contribution in [0.25, 0.3) is 0 Å². The molecule has 0 aromatic heterocycles. The Hall–Kier alpha value is -4.79. The third kappa shape index (κ3) is 7.10. The monoisotopic (exact) mass is 487 g/mol. The summed E-state index contributed by atoms with van der Waals surface area (Å²) in [6, 6.07) is 25.4. The molecule has 0 fully saturated rings. The lowest BCUT2D eigenvalue weighted by molar-refractivity contribution is -0.384. The molecule has 0 radical (unpaired) electrons. The second kappa shape index (κ2) is 12.1. The van der Waals surface area contributed by atoms with E-state index in [-0.39, 0.29) is 16.7 Å². The topological polar surface area (TPSA) is 133 Å². The maximum atomic E-state index is 10.9. The average Bonchev–Trinajstić information content (AvgIpc) is 3.00. The van der Waals surface area contributed by atoms with Gasteiger partial charge in [-0.3, -0.25) is 15.1 Å². The fourth-order valence-electron chi connectivity index (χ4n) is 3.74. The van der Waals surface area contributed by atoms with Crippen LogP contribution in [0.1, 0.15) is 28.3 Å². The number of rotatable bonds is 6. The van der Waals surface area contributed by atoms with Gasteiger partial charge in [0.25, 0.3) is 5.69 Å². The lowest BCUT2D eigenvalue weighted by Gasteiger charge is -2.20. The predicted octanol–water partition coefficient (Wildman–Crippen LogP) is 4.48. The van der Waals surface area contributed by atoms with E-state index in [2.05, 4.69) is 41.3 Å². The summed E-state index contributed by atoms with van der Waals surface area (Å²) in [5.41, 5.74) is 4.76. The SMILES string of the molecule is CN1Cc2ccccc2C(c2ccccc2)N=C1Cc1ccc([N+](=O)[O-])cc1.O=C(O)C=CC(=O)O. The van der Waals surface area contributed by atoms with Crippen LogP contribution in [0, 0.1) is 10.1 Å². The minimum Gasteiger partial charge on any atom is -0.478 e. The first kappa shape index (κ1) is 25.8. The van der Waals surface area contributed by atoms with Gasteiger partial charge >= 0.3 is 11.9 Å². The van der Waals surface area contributed by atoms with Crippen molar-refractivity contribution in [2.24, 2.45) is 4.99 Å². The standard InChI is InChI=1S/C23H21N3O2.C4H4O4/c1-25-16-19-9-5-6-10-21(19)23(18-7-3-2-4-8-18)24-22(25)15-17-11-13-20(14-12-17)26(27)28;5-3(6)1-2-4(7)8/h2-14,23H,15-16H2,1H3;1-2H,(H,5,6)(H,7,8). The number of non-ortho nitro benzene ring substituents is 1. The molecule has 1 aliphatic heterocycles. The van der Waals surface area contributed by atoms with E-state index in [4.69, 9.17) is 15.2 Å². The number of hydrogen-bond acceptors (Lipinski definition) is 6. The predicted molar refractivity (Wildman–Crippen MR) is 135 cm³/mol. The van der Waals surface area contributed by atoms with Crippen LogP contribution in [0.4, 0.5) is 5.69 Å². The van der Waals surface area contributed by atoms with Gasteiger partial charge in [0.05, 0.1) is 4.92 Å². The normalized spacial score (nSPS) is 14.6. The van der Waals surface area contributed by atoms with Gasteiger partial charge in [-0.25, -0.2) is 9.59 Å². The molecule has 9 heteroatoms. The zero-order valence-corrected chi connectivity index (χ0v) is 19.5. The number of carboxylic acids is 2. The van der Waals surface area contributed by atoms with Crippen LogP contribution in [-0.2, 0) is 22.6 Å². The van der Waals surface area contributed by atoms with Crippen LogP contribution in [0.3, 0.4) is 0 Å². The highest BCUT2D eigenvalue weighted by atomic mass is 16.6. The first-order chi connectivity index (χ1) is 17.2. The smallest absolute Gasteiger partial charge is 0.328 e. The Kier molecular flexibility index (Phi) is 8.66. The maximum Gasteiger partial charge on any atom is 0.328 e. The minimum absolute atomic E-state index is 0.0598. The molecule has 2 N–H and O–H groups in total. The molecule has 0 aliphatic carbocycles. The van der Waals surface area contributed by atoms with Crippen molar-refractivity contribution in [1.29, 1.82) is 0 Å². The molecule has 0 bridgehead atoms. The molecule has 1 aliphatic rings. The Morgan fingerprint density at radius 2 is 1.56 bits per heavy atom. The number of nitro groups is 1. The number of carbonyl (C=O) groups is 2. The zero-order chi connectivity index (χ0) is 26.1. The van der Waals surface area contributed by atoms with Crippen LogP contribution in [-0.4, -0.2) is 44.9 Å². The minimum atomic E-state index is -1.26. The largest absolute Gasteiger partial charge is 0.478 e. The van der Waals surface area contributed by atoms with Crippen molar-refractivity contribution in [3.63, 3.8) is 0 Å². The van der Waals surface area contributed by atoms with Gasteiger partial charge in [-0.2, -0.15) is 0 Å². The van der Waals surface area contributed by atoms with Crippen molar-refractivity contribution in [1.82, 2.24) is 4.90 Å². The summed E-state index contributed by atoms with van der Waals surface area (Å²) in [7, 11) is 2.05. The van der Waals surface area contributed by atoms with Gasteiger partial charge < -0.3 is 15.1 Å². The number of likely N-dealkylation sites (N-methyl/N-ethyl adjacent to an activating group) is 1. The molecule has 0 spiro atoms. The summed E-state index contributed by atoms with van der Waals surface area (Å²) in [5.74, 6) is -1.54. The molecular formula is C27H25N3O6. The number of benzene rings is 3. The van der Waals surface area contributed by atoms with E-state index in [1.807, 2.05) is 37.4 Å². The van der Waals surface area contributed by atoms with E-state index in [1.165, 1.54) is 11.1 Å². The van der Waals surface area contributed by atoms with Gasteiger partial charge in [0.1, 0.15) is 11.9 Å². The van der Waals surface area contributed by atoms with E-state index in [1.54, 1.807) is 12.1 Å². The summed E-state index contributed by atoms with van der Waals surface area (Å²) in [6.45, 7) is 0.783. The van der Waals surface area contributed by atoms with Gasteiger partial charge in [0, 0.05) is 44.3 Å². The van der Waals surface area contributed by atoms with Crippen molar-refractivity contribution in [3.05, 3.63) is 123 Å². The van der Waals surface area contributed by atoms with Crippen molar-refractivity contribution in [2.75, 3.05) is 7.05 Å². The van der Waals surface area contributed by atoms with Crippen LogP contribution < -0.4 is 0 Å². The number of nitro benzene ring substituents is 1. The highest BCUT2D eigenvalue weighted by Crippen LogP contribution is 2.32. The number of carboxylic acid groups (broad SMARTS) is 2. The van der Waals surface area contributed by atoms with Crippen LogP contribution in [0.15, 0.2) is 96.0 Å². The molecule has 1 heterocycles. The fraction of sp³-hybridized carbons (Fsp3) is 0.148. The number of nitrogens with zero attached hydrogens (tertiary/aromatic N) is 3. The zero-order valence-electron chi connectivity index (χ0n) is 19.5. The van der Waals surface area contributed by atoms with Gasteiger partial charge in [0.15, 0.2) is 0 Å². The quantitative estimate of drug-likeness (QED) is 0.297. The molecule has 3 aromatic rings. The van der Waals surface area contributed by atoms with Crippen molar-refractivity contribution < 1.29 is 24.7 Å². The van der Waals surface area contributed by atoms with Gasteiger partial charge in [0.2, 0.25) is 0 Å². The van der Waals surface area contributed by atoms with E-state index >= 15 is 0 Å². The third-order valence-electron chi connectivity index (χ3n) is 5.47. The Morgan fingerprint density at radius 3 is 2.14 bits per heavy atom. The number of aliphatic imine (C=N–C) groups is 1. The lowest BCUT2D eigenvalue weighted by Crippen LogP contribution is -2.27. The Balaban J connectivity index is 0.000000392. The molecule has 9 nitrogen and oxygen atoms in total. The first-order valence-electron chi connectivity index (χ1n) is 11.0. The second-order valence-electron chi connectivity index (χ2n) is 8.02. The highest BCUT2D eigenvalue weighted by Gasteiger charge is 2.23. The van der Waals surface area contributed by atoms with Gasteiger partial charge in [-0.1, -0.05) is 66.7 Å². The summed E-state index contributed by atoms with van der Waals surface area (Å²) < 4.78 is 0. The number of fused-ring (bicyclic) bond motifs is 1. The molecule has 0 saturated heterocycles. The van der Waals surface area contributed by atoms with Crippen molar-refractivity contribution in [3.8, 4) is 0 Å². The Bertz CT molecular complexity index is 1270. The molecule has 1 unspecified atom stereocenters. The molecule has 0 amide bonds. The summed E-state index contributed by atoms with van der Waals surface area (Å²) in [6.07, 6.45) is 1.75. The van der Waals surface area contributed by atoms with Gasteiger partial charge in [-0.05, 0) is 22.3 Å². The second-order valence-corrected chi connectivity index (χ2v) is 8.02. The molecule has 36 heavy (non-hydrogen) atoms. The van der Waals surface area contributed by atoms with Crippen molar-refractivity contribution >= 4 is 23.5 Å². The molecule has 4 rings (SSSR count). The summed E-state index contributed by atoms with van der Waals surface area (Å²) >= 11 is 0. The fourth-order valence-corrected chi connectivity index (χ4v) is 3.74. The third-order valence-corrected chi connectivity index (χ3v) is 5.47. The van der Waals surface area contributed by atoms with Gasteiger partial charge in [-0.15, -0.1) is 0 Å². The maximum absolute atomic E-state index is 10.9. The first-order valence-corrected chi connectivity index (χ1v) is 11.0. The van der Waals surface area contributed by atoms with Crippen LogP contribution in [0.2, 0.25) is 0 Å². The van der Waals surface area contributed by atoms with E-state index in [0.29, 0.717) is 18.6 Å². The molecule has 1 atom stereocenters. The Morgan fingerprint density at radius 1 is 0.972 bits per heavy atom. The summed E-state index contributed by atoms with van der Waals surface area (Å²) in [5, 5.41) is 26.5.